The molecule has 4 N–H and O–H groups in total. The Morgan fingerprint density at radius 2 is 1.11 bits per heavy atom. The van der Waals surface area contributed by atoms with Gasteiger partial charge < -0.3 is 28.4 Å². The molecule has 1 aliphatic heterocycles. The number of para-hydroxylation sites is 4. The first-order valence-corrected chi connectivity index (χ1v) is 9.13. The second-order valence-electron chi connectivity index (χ2n) is 6.18. The van der Waals surface area contributed by atoms with E-state index in [2.05, 4.69) is 0 Å². The summed E-state index contributed by atoms with van der Waals surface area (Å²) in [5, 5.41) is 0. The molecule has 8 nitrogen and oxygen atoms in total. The van der Waals surface area contributed by atoms with E-state index < -0.39 is 5.85 Å². The molecule has 0 aliphatic carbocycles. The van der Waals surface area contributed by atoms with Gasteiger partial charge in [0.1, 0.15) is 13.2 Å². The van der Waals surface area contributed by atoms with Crippen LogP contribution in [0.4, 0.5) is 0 Å². The van der Waals surface area contributed by atoms with Gasteiger partial charge in [-0.3, -0.25) is 11.5 Å². The molecule has 0 spiro atoms. The lowest BCUT2D eigenvalue weighted by Gasteiger charge is -2.26. The smallest absolute Gasteiger partial charge is 0.236 e. The first-order valence-electron chi connectivity index (χ1n) is 9.13. The lowest BCUT2D eigenvalue weighted by atomic mass is 10.3. The summed E-state index contributed by atoms with van der Waals surface area (Å²) in [5.41, 5.74) is 12.1. The quantitative estimate of drug-likeness (QED) is 0.657. The van der Waals surface area contributed by atoms with Crippen molar-refractivity contribution in [3.05, 3.63) is 48.5 Å². The van der Waals surface area contributed by atoms with Crippen LogP contribution in [0.1, 0.15) is 0 Å². The van der Waals surface area contributed by atoms with Crippen molar-refractivity contribution in [1.29, 1.82) is 0 Å². The van der Waals surface area contributed by atoms with Gasteiger partial charge in [0.05, 0.1) is 33.0 Å². The Bertz CT molecular complexity index is 740. The van der Waals surface area contributed by atoms with Crippen molar-refractivity contribution in [3.8, 4) is 23.0 Å². The topological polar surface area (TPSA) is 107 Å². The molecule has 0 atom stereocenters. The van der Waals surface area contributed by atoms with Crippen molar-refractivity contribution in [2.75, 3.05) is 46.2 Å². The maximum Gasteiger partial charge on any atom is 0.236 e. The summed E-state index contributed by atoms with van der Waals surface area (Å²) in [6, 6.07) is 14.5. The van der Waals surface area contributed by atoms with Gasteiger partial charge in [0.15, 0.2) is 23.0 Å². The van der Waals surface area contributed by atoms with E-state index in [9.17, 15) is 0 Å². The fraction of sp³-hybridized carbons (Fsp3) is 0.400. The van der Waals surface area contributed by atoms with Gasteiger partial charge >= 0.3 is 0 Å². The molecule has 2 aromatic carbocycles. The summed E-state index contributed by atoms with van der Waals surface area (Å²) in [6.45, 7) is 2.49. The van der Waals surface area contributed by atoms with Crippen LogP contribution < -0.4 is 25.7 Å². The minimum Gasteiger partial charge on any atom is -0.487 e. The largest absolute Gasteiger partial charge is 0.487 e. The molecule has 0 radical (unpaired) electrons. The van der Waals surface area contributed by atoms with Crippen molar-refractivity contribution >= 4 is 0 Å². The third-order valence-corrected chi connectivity index (χ3v) is 3.78. The number of ether oxygens (including phenoxy) is 6. The molecular weight excluding hydrogens is 364 g/mol. The third-order valence-electron chi connectivity index (χ3n) is 3.78. The lowest BCUT2D eigenvalue weighted by molar-refractivity contribution is -0.0429. The Morgan fingerprint density at radius 3 is 1.79 bits per heavy atom. The van der Waals surface area contributed by atoms with Crippen molar-refractivity contribution in [2.45, 2.75) is 5.85 Å². The normalized spacial score (nSPS) is 18.8. The molecule has 3 rings (SSSR count). The summed E-state index contributed by atoms with van der Waals surface area (Å²) in [7, 11) is 0. The average Bonchev–Trinajstić information content (AvgIpc) is 2.68. The SMILES string of the molecule is NC1(N)COCCOCCOCCOc2ccccc2Oc2ccccc2O1. The van der Waals surface area contributed by atoms with E-state index in [1.165, 1.54) is 0 Å². The van der Waals surface area contributed by atoms with Gasteiger partial charge in [-0.05, 0) is 24.3 Å². The summed E-state index contributed by atoms with van der Waals surface area (Å²) in [6.07, 6.45) is 0. The zero-order valence-corrected chi connectivity index (χ0v) is 15.7. The fourth-order valence-electron chi connectivity index (χ4n) is 2.51. The Balaban J connectivity index is 1.80. The Morgan fingerprint density at radius 1 is 0.607 bits per heavy atom. The van der Waals surface area contributed by atoms with Gasteiger partial charge in [-0.1, -0.05) is 24.3 Å². The number of hydrogen-bond acceptors (Lipinski definition) is 8. The molecule has 0 saturated carbocycles. The van der Waals surface area contributed by atoms with E-state index >= 15 is 0 Å². The van der Waals surface area contributed by atoms with Gasteiger partial charge in [0, 0.05) is 0 Å². The molecule has 1 heterocycles. The zero-order chi connectivity index (χ0) is 19.7. The van der Waals surface area contributed by atoms with Crippen LogP contribution in [-0.2, 0) is 14.2 Å². The summed E-state index contributed by atoms with van der Waals surface area (Å²) < 4.78 is 33.9. The summed E-state index contributed by atoms with van der Waals surface area (Å²) in [5.74, 6) is 0.461. The Kier molecular flexibility index (Phi) is 7.46. The van der Waals surface area contributed by atoms with Crippen molar-refractivity contribution < 1.29 is 28.4 Å². The highest BCUT2D eigenvalue weighted by atomic mass is 16.6. The van der Waals surface area contributed by atoms with Crippen LogP contribution in [0.15, 0.2) is 48.5 Å². The molecule has 28 heavy (non-hydrogen) atoms. The van der Waals surface area contributed by atoms with Crippen molar-refractivity contribution in [2.24, 2.45) is 11.5 Å². The molecule has 0 bridgehead atoms. The van der Waals surface area contributed by atoms with E-state index in [-0.39, 0.29) is 6.61 Å². The highest BCUT2D eigenvalue weighted by Crippen LogP contribution is 2.36. The standard InChI is InChI=1S/C20H26N2O6/c21-20(22)15-25-12-11-23-9-10-24-13-14-26-16-5-1-2-6-17(16)27-18-7-3-4-8-19(18)28-20/h1-8H,9-15,21-22H2. The molecule has 0 amide bonds. The third kappa shape index (κ3) is 6.36. The van der Waals surface area contributed by atoms with Crippen LogP contribution >= 0.6 is 0 Å². The fourth-order valence-corrected chi connectivity index (χ4v) is 2.51. The first kappa shape index (κ1) is 20.4. The van der Waals surface area contributed by atoms with E-state index in [1.54, 1.807) is 24.3 Å². The molecule has 8 heteroatoms. The van der Waals surface area contributed by atoms with Gasteiger partial charge in [-0.25, -0.2) is 0 Å². The Labute approximate surface area is 164 Å². The van der Waals surface area contributed by atoms with Gasteiger partial charge in [0.2, 0.25) is 5.85 Å². The van der Waals surface area contributed by atoms with Gasteiger partial charge in [-0.2, -0.15) is 0 Å². The van der Waals surface area contributed by atoms with Crippen molar-refractivity contribution in [1.82, 2.24) is 0 Å². The molecule has 2 aromatic rings. The summed E-state index contributed by atoms with van der Waals surface area (Å²) >= 11 is 0. The van der Waals surface area contributed by atoms with E-state index in [0.29, 0.717) is 62.6 Å². The van der Waals surface area contributed by atoms with E-state index in [0.717, 1.165) is 0 Å². The molecule has 1 aliphatic rings. The van der Waals surface area contributed by atoms with Crippen LogP contribution in [-0.4, -0.2) is 52.1 Å². The Hall–Kier alpha value is -2.36. The highest BCUT2D eigenvalue weighted by Gasteiger charge is 2.24. The van der Waals surface area contributed by atoms with Crippen LogP contribution in [0.2, 0.25) is 0 Å². The second kappa shape index (κ2) is 10.3. The van der Waals surface area contributed by atoms with Gasteiger partial charge in [-0.15, -0.1) is 0 Å². The number of nitrogens with two attached hydrogens (primary N) is 2. The van der Waals surface area contributed by atoms with Crippen LogP contribution in [0, 0.1) is 0 Å². The van der Waals surface area contributed by atoms with Crippen LogP contribution in [0.25, 0.3) is 0 Å². The number of fused-ring (bicyclic) bond motifs is 2. The minimum absolute atomic E-state index is 0.0130. The van der Waals surface area contributed by atoms with Gasteiger partial charge in [0.25, 0.3) is 0 Å². The van der Waals surface area contributed by atoms with Crippen LogP contribution in [0.5, 0.6) is 23.0 Å². The minimum atomic E-state index is -1.52. The lowest BCUT2D eigenvalue weighted by Crippen LogP contribution is -2.58. The molecule has 0 fully saturated rings. The molecule has 0 aromatic heterocycles. The average molecular weight is 390 g/mol. The highest BCUT2D eigenvalue weighted by molar-refractivity contribution is 5.47. The first-order chi connectivity index (χ1) is 13.6. The monoisotopic (exact) mass is 390 g/mol. The van der Waals surface area contributed by atoms with Crippen molar-refractivity contribution in [3.63, 3.8) is 0 Å². The molecule has 152 valence electrons. The number of hydrogen-bond donors (Lipinski definition) is 2. The zero-order valence-electron chi connectivity index (χ0n) is 15.7. The van der Waals surface area contributed by atoms with E-state index in [1.807, 2.05) is 24.3 Å². The predicted molar refractivity (Wildman–Crippen MR) is 103 cm³/mol. The molecule has 0 unspecified atom stereocenters. The number of benzene rings is 2. The number of rotatable bonds is 0. The van der Waals surface area contributed by atoms with Crippen LogP contribution in [0.3, 0.4) is 0 Å². The predicted octanol–water partition coefficient (Wildman–Crippen LogP) is 1.87. The molecular formula is C20H26N2O6. The second-order valence-corrected chi connectivity index (χ2v) is 6.18. The summed E-state index contributed by atoms with van der Waals surface area (Å²) in [4.78, 5) is 0. The maximum absolute atomic E-state index is 6.03. The molecule has 0 saturated heterocycles. The van der Waals surface area contributed by atoms with E-state index in [4.69, 9.17) is 39.9 Å². The maximum atomic E-state index is 6.03.